The van der Waals surface area contributed by atoms with E-state index < -0.39 is 11.8 Å². The highest BCUT2D eigenvalue weighted by Crippen LogP contribution is 2.39. The standard InChI is InChI=1S/C38H38N4O3/c1-24-21-28(35-39-30-14-7-8-15-31(30)41(35)5)22-32-34(24)40-36(27-11-10-12-27)42(32)23-25-17-19-26(20-18-25)29-13-6-9-16-33(29)44-37(43)45-38(2,3)4/h6-9,13-22,27H,10-12,23H2,1-5H3. The van der Waals surface area contributed by atoms with E-state index in [1.54, 1.807) is 6.07 Å². The molecule has 7 heteroatoms. The molecular weight excluding hydrogens is 560 g/mol. The van der Waals surface area contributed by atoms with Crippen molar-refractivity contribution in [2.45, 2.75) is 65.0 Å². The smallest absolute Gasteiger partial charge is 0.428 e. The molecule has 0 radical (unpaired) electrons. The van der Waals surface area contributed by atoms with E-state index in [1.165, 1.54) is 30.7 Å². The lowest BCUT2D eigenvalue weighted by atomic mass is 9.85. The van der Waals surface area contributed by atoms with Crippen LogP contribution in [0.5, 0.6) is 5.75 Å². The molecule has 0 atom stereocenters. The lowest BCUT2D eigenvalue weighted by Gasteiger charge is -2.25. The Bertz CT molecular complexity index is 2040. The fraction of sp³-hybridized carbons (Fsp3) is 0.289. The molecule has 0 spiro atoms. The summed E-state index contributed by atoms with van der Waals surface area (Å²) in [6.07, 6.45) is 2.88. The van der Waals surface area contributed by atoms with Crippen LogP contribution in [0.15, 0.2) is 84.9 Å². The van der Waals surface area contributed by atoms with Crippen molar-refractivity contribution in [2.75, 3.05) is 0 Å². The second-order valence-electron chi connectivity index (χ2n) is 13.1. The van der Waals surface area contributed by atoms with Crippen molar-refractivity contribution in [1.82, 2.24) is 19.1 Å². The minimum Gasteiger partial charge on any atom is -0.428 e. The number of para-hydroxylation sites is 3. The number of carbonyl (C=O) groups is 1. The van der Waals surface area contributed by atoms with E-state index in [0.29, 0.717) is 18.2 Å². The van der Waals surface area contributed by atoms with Crippen LogP contribution in [0, 0.1) is 6.92 Å². The number of rotatable bonds is 6. The molecule has 7 rings (SSSR count). The van der Waals surface area contributed by atoms with E-state index in [4.69, 9.17) is 19.4 Å². The Kier molecular flexibility index (Phi) is 7.19. The topological polar surface area (TPSA) is 71.2 Å². The molecule has 1 aliphatic carbocycles. The van der Waals surface area contributed by atoms with E-state index >= 15 is 0 Å². The summed E-state index contributed by atoms with van der Waals surface area (Å²) in [7, 11) is 2.08. The maximum Gasteiger partial charge on any atom is 0.514 e. The van der Waals surface area contributed by atoms with Crippen molar-refractivity contribution in [3.63, 3.8) is 0 Å². The molecule has 45 heavy (non-hydrogen) atoms. The molecule has 0 aliphatic heterocycles. The van der Waals surface area contributed by atoms with Crippen molar-refractivity contribution in [1.29, 1.82) is 0 Å². The zero-order chi connectivity index (χ0) is 31.3. The second kappa shape index (κ2) is 11.2. The summed E-state index contributed by atoms with van der Waals surface area (Å²) in [5.74, 6) is 3.07. The van der Waals surface area contributed by atoms with Crippen LogP contribution in [-0.2, 0) is 18.3 Å². The lowest BCUT2D eigenvalue weighted by Crippen LogP contribution is -2.26. The monoisotopic (exact) mass is 598 g/mol. The van der Waals surface area contributed by atoms with Crippen molar-refractivity contribution in [2.24, 2.45) is 7.05 Å². The van der Waals surface area contributed by atoms with Gasteiger partial charge in [-0.1, -0.05) is 61.0 Å². The third-order valence-electron chi connectivity index (χ3n) is 8.67. The van der Waals surface area contributed by atoms with Crippen LogP contribution < -0.4 is 4.74 Å². The number of ether oxygens (including phenoxy) is 2. The van der Waals surface area contributed by atoms with Gasteiger partial charge in [-0.05, 0) is 87.6 Å². The Morgan fingerprint density at radius 2 is 1.62 bits per heavy atom. The number of aromatic nitrogens is 4. The maximum atomic E-state index is 12.4. The Balaban J connectivity index is 1.23. The van der Waals surface area contributed by atoms with E-state index in [2.05, 4.69) is 77.7 Å². The fourth-order valence-corrected chi connectivity index (χ4v) is 6.21. The van der Waals surface area contributed by atoms with Gasteiger partial charge >= 0.3 is 6.16 Å². The number of aryl methyl sites for hydroxylation is 2. The SMILES string of the molecule is Cc1cc(-c2nc3ccccc3n2C)cc2c1nc(C1CCC1)n2Cc1ccc(-c2ccccc2OC(=O)OC(C)(C)C)cc1. The summed E-state index contributed by atoms with van der Waals surface area (Å²) >= 11 is 0. The highest BCUT2D eigenvalue weighted by Gasteiger charge is 2.27. The molecule has 2 aromatic heterocycles. The van der Waals surface area contributed by atoms with Crippen LogP contribution in [0.2, 0.25) is 0 Å². The Labute approximate surface area is 263 Å². The number of benzene rings is 4. The summed E-state index contributed by atoms with van der Waals surface area (Å²) in [5.41, 5.74) is 8.91. The van der Waals surface area contributed by atoms with E-state index in [-0.39, 0.29) is 0 Å². The first-order chi connectivity index (χ1) is 21.6. The van der Waals surface area contributed by atoms with Crippen molar-refractivity contribution < 1.29 is 14.3 Å². The normalized spacial score (nSPS) is 13.7. The Hall–Kier alpha value is -4.91. The van der Waals surface area contributed by atoms with Gasteiger partial charge in [-0.25, -0.2) is 14.8 Å². The average molecular weight is 599 g/mol. The molecule has 1 fully saturated rings. The quantitative estimate of drug-likeness (QED) is 0.141. The van der Waals surface area contributed by atoms with E-state index in [1.807, 2.05) is 45.0 Å². The average Bonchev–Trinajstić information content (AvgIpc) is 3.50. The van der Waals surface area contributed by atoms with Crippen LogP contribution >= 0.6 is 0 Å². The Morgan fingerprint density at radius 3 is 2.33 bits per heavy atom. The van der Waals surface area contributed by atoms with Gasteiger partial charge in [0.1, 0.15) is 23.0 Å². The number of hydrogen-bond donors (Lipinski definition) is 0. The fourth-order valence-electron chi connectivity index (χ4n) is 6.21. The molecule has 0 unspecified atom stereocenters. The van der Waals surface area contributed by atoms with Gasteiger partial charge < -0.3 is 18.6 Å². The zero-order valence-electron chi connectivity index (χ0n) is 26.5. The first-order valence-electron chi connectivity index (χ1n) is 15.7. The highest BCUT2D eigenvalue weighted by atomic mass is 16.7. The van der Waals surface area contributed by atoms with Crippen LogP contribution in [0.25, 0.3) is 44.6 Å². The molecule has 7 nitrogen and oxygen atoms in total. The van der Waals surface area contributed by atoms with Crippen LogP contribution in [0.3, 0.4) is 0 Å². The highest BCUT2D eigenvalue weighted by molar-refractivity contribution is 5.87. The van der Waals surface area contributed by atoms with Crippen LogP contribution in [0.4, 0.5) is 4.79 Å². The van der Waals surface area contributed by atoms with E-state index in [0.717, 1.165) is 50.1 Å². The molecule has 1 saturated carbocycles. The molecule has 4 aromatic carbocycles. The minimum absolute atomic E-state index is 0.470. The molecule has 228 valence electrons. The summed E-state index contributed by atoms with van der Waals surface area (Å²) in [6, 6.07) is 28.8. The van der Waals surface area contributed by atoms with Gasteiger partial charge in [0.25, 0.3) is 0 Å². The van der Waals surface area contributed by atoms with Crippen LogP contribution in [0.1, 0.15) is 62.9 Å². The summed E-state index contributed by atoms with van der Waals surface area (Å²) < 4.78 is 15.6. The summed E-state index contributed by atoms with van der Waals surface area (Å²) in [5, 5.41) is 0. The number of fused-ring (bicyclic) bond motifs is 2. The number of nitrogens with zero attached hydrogens (tertiary/aromatic N) is 4. The van der Waals surface area contributed by atoms with Gasteiger partial charge in [0.05, 0.1) is 22.1 Å². The third-order valence-corrected chi connectivity index (χ3v) is 8.67. The van der Waals surface area contributed by atoms with Crippen molar-refractivity contribution in [3.05, 3.63) is 102 Å². The summed E-state index contributed by atoms with van der Waals surface area (Å²) in [6.45, 7) is 8.33. The predicted octanol–water partition coefficient (Wildman–Crippen LogP) is 9.20. The first kappa shape index (κ1) is 28.8. The number of carbonyl (C=O) groups excluding carboxylic acids is 1. The van der Waals surface area contributed by atoms with Crippen molar-refractivity contribution in [3.8, 4) is 28.3 Å². The van der Waals surface area contributed by atoms with Crippen molar-refractivity contribution >= 4 is 28.2 Å². The van der Waals surface area contributed by atoms with Gasteiger partial charge in [-0.2, -0.15) is 0 Å². The molecule has 0 bridgehead atoms. The van der Waals surface area contributed by atoms with Gasteiger partial charge in [-0.3, -0.25) is 0 Å². The largest absolute Gasteiger partial charge is 0.514 e. The van der Waals surface area contributed by atoms with Gasteiger partial charge in [0, 0.05) is 30.6 Å². The van der Waals surface area contributed by atoms with Gasteiger partial charge in [0.15, 0.2) is 0 Å². The molecule has 0 N–H and O–H groups in total. The van der Waals surface area contributed by atoms with Crippen LogP contribution in [-0.4, -0.2) is 30.9 Å². The maximum absolute atomic E-state index is 12.4. The first-order valence-corrected chi connectivity index (χ1v) is 15.7. The number of hydrogen-bond acceptors (Lipinski definition) is 5. The zero-order valence-corrected chi connectivity index (χ0v) is 26.5. The molecule has 0 saturated heterocycles. The second-order valence-corrected chi connectivity index (χ2v) is 13.1. The van der Waals surface area contributed by atoms with Gasteiger partial charge in [-0.15, -0.1) is 0 Å². The predicted molar refractivity (Wildman–Crippen MR) is 179 cm³/mol. The molecular formula is C38H38N4O3. The summed E-state index contributed by atoms with van der Waals surface area (Å²) in [4.78, 5) is 22.6. The molecule has 0 amide bonds. The molecule has 2 heterocycles. The molecule has 1 aliphatic rings. The Morgan fingerprint density at radius 1 is 0.889 bits per heavy atom. The van der Waals surface area contributed by atoms with Gasteiger partial charge in [0.2, 0.25) is 0 Å². The lowest BCUT2D eigenvalue weighted by molar-refractivity contribution is 0.0207. The number of imidazole rings is 2. The minimum atomic E-state index is -0.713. The third kappa shape index (κ3) is 5.59. The van der Waals surface area contributed by atoms with E-state index in [9.17, 15) is 4.79 Å². The molecule has 6 aromatic rings.